The first-order chi connectivity index (χ1) is 9.53. The van der Waals surface area contributed by atoms with E-state index in [0.717, 1.165) is 25.9 Å². The van der Waals surface area contributed by atoms with Crippen LogP contribution in [0.1, 0.15) is 65.7 Å². The number of carbonyl (C=O) groups is 1. The quantitative estimate of drug-likeness (QED) is 0.541. The fraction of sp³-hybridized carbons (Fsp3) is 0.938. The number of amides is 1. The second-order valence-corrected chi connectivity index (χ2v) is 6.38. The molecule has 1 saturated carbocycles. The van der Waals surface area contributed by atoms with Crippen molar-refractivity contribution in [2.75, 3.05) is 13.2 Å². The van der Waals surface area contributed by atoms with Gasteiger partial charge in [0, 0.05) is 12.6 Å². The Labute approximate surface area is 123 Å². The topological polar surface area (TPSA) is 64.3 Å². The summed E-state index contributed by atoms with van der Waals surface area (Å²) >= 11 is 0. The molecule has 4 heteroatoms. The van der Waals surface area contributed by atoms with Crippen molar-refractivity contribution >= 4 is 5.91 Å². The fourth-order valence-corrected chi connectivity index (χ4v) is 2.75. The molecule has 1 rings (SSSR count). The van der Waals surface area contributed by atoms with Crippen molar-refractivity contribution in [1.82, 2.24) is 5.32 Å². The Morgan fingerprint density at radius 1 is 1.30 bits per heavy atom. The largest absolute Gasteiger partial charge is 0.379 e. The van der Waals surface area contributed by atoms with Gasteiger partial charge < -0.3 is 10.5 Å². The summed E-state index contributed by atoms with van der Waals surface area (Å²) in [5.74, 6) is 0.0853. The molecule has 0 bridgehead atoms. The van der Waals surface area contributed by atoms with E-state index in [1.807, 2.05) is 13.8 Å². The molecule has 0 aliphatic heterocycles. The van der Waals surface area contributed by atoms with Gasteiger partial charge in [0.25, 0.3) is 0 Å². The summed E-state index contributed by atoms with van der Waals surface area (Å²) in [7, 11) is 0. The number of nitrogens with one attached hydrogen (secondary N) is 1. The zero-order valence-corrected chi connectivity index (χ0v) is 13.4. The van der Waals surface area contributed by atoms with Crippen LogP contribution in [0.5, 0.6) is 0 Å². The van der Waals surface area contributed by atoms with E-state index >= 15 is 0 Å². The van der Waals surface area contributed by atoms with Crippen LogP contribution >= 0.6 is 0 Å². The Hall–Kier alpha value is -0.610. The number of hydrogen-bond acceptors (Lipinski definition) is 3. The molecule has 0 spiro atoms. The van der Waals surface area contributed by atoms with E-state index < -0.39 is 5.54 Å². The van der Waals surface area contributed by atoms with Crippen molar-refractivity contribution in [3.63, 3.8) is 0 Å². The first kappa shape index (κ1) is 17.4. The summed E-state index contributed by atoms with van der Waals surface area (Å²) in [5, 5.41) is 3.37. The van der Waals surface area contributed by atoms with Crippen molar-refractivity contribution in [2.45, 2.75) is 77.3 Å². The maximum Gasteiger partial charge on any atom is 0.240 e. The summed E-state index contributed by atoms with van der Waals surface area (Å²) in [6, 6.07) is 0.233. The third-order valence-electron chi connectivity index (χ3n) is 3.98. The van der Waals surface area contributed by atoms with Gasteiger partial charge >= 0.3 is 0 Å². The first-order valence-electron chi connectivity index (χ1n) is 8.18. The number of primary amides is 1. The number of ether oxygens (including phenoxy) is 1. The van der Waals surface area contributed by atoms with Crippen LogP contribution in [-0.2, 0) is 9.53 Å². The molecule has 20 heavy (non-hydrogen) atoms. The Kier molecular flexibility index (Phi) is 7.52. The molecule has 0 aromatic heterocycles. The van der Waals surface area contributed by atoms with Crippen LogP contribution in [-0.4, -0.2) is 30.7 Å². The molecule has 0 aromatic rings. The van der Waals surface area contributed by atoms with Crippen LogP contribution in [0.15, 0.2) is 0 Å². The normalized spacial score (nSPS) is 18.2. The highest BCUT2D eigenvalue weighted by Crippen LogP contribution is 2.40. The molecule has 1 fully saturated rings. The van der Waals surface area contributed by atoms with E-state index in [4.69, 9.17) is 10.5 Å². The molecule has 3 N–H and O–H groups in total. The van der Waals surface area contributed by atoms with E-state index in [1.54, 1.807) is 0 Å². The minimum absolute atomic E-state index is 0.233. The predicted octanol–water partition coefficient (Wildman–Crippen LogP) is 2.61. The standard InChI is InChI=1S/C16H32N2O2/c1-4-5-6-7-8-11-20-12-16(15(17)19,14-9-10-14)18-13(2)3/h13-14,18H,4-12H2,1-3H3,(H2,17,19). The molecular formula is C16H32N2O2. The lowest BCUT2D eigenvalue weighted by Gasteiger charge is -2.33. The van der Waals surface area contributed by atoms with Gasteiger partial charge in [0.1, 0.15) is 5.54 Å². The zero-order chi connectivity index (χ0) is 15.0. The van der Waals surface area contributed by atoms with E-state index in [-0.39, 0.29) is 11.9 Å². The zero-order valence-electron chi connectivity index (χ0n) is 13.4. The summed E-state index contributed by atoms with van der Waals surface area (Å²) in [5.41, 5.74) is 5.00. The lowest BCUT2D eigenvalue weighted by atomic mass is 9.92. The highest BCUT2D eigenvalue weighted by Gasteiger charge is 2.50. The van der Waals surface area contributed by atoms with Crippen molar-refractivity contribution < 1.29 is 9.53 Å². The second kappa shape index (κ2) is 8.63. The second-order valence-electron chi connectivity index (χ2n) is 6.38. The summed E-state index contributed by atoms with van der Waals surface area (Å²) in [6.07, 6.45) is 8.24. The molecular weight excluding hydrogens is 252 g/mol. The number of carbonyl (C=O) groups excluding carboxylic acids is 1. The molecule has 1 atom stereocenters. The number of rotatable bonds is 12. The van der Waals surface area contributed by atoms with Crippen LogP contribution in [0, 0.1) is 5.92 Å². The van der Waals surface area contributed by atoms with Crippen molar-refractivity contribution in [3.8, 4) is 0 Å². The maximum atomic E-state index is 11.9. The smallest absolute Gasteiger partial charge is 0.240 e. The fourth-order valence-electron chi connectivity index (χ4n) is 2.75. The van der Waals surface area contributed by atoms with E-state index in [9.17, 15) is 4.79 Å². The van der Waals surface area contributed by atoms with Gasteiger partial charge in [-0.2, -0.15) is 0 Å². The van der Waals surface area contributed by atoms with Crippen molar-refractivity contribution in [1.29, 1.82) is 0 Å². The highest BCUT2D eigenvalue weighted by atomic mass is 16.5. The van der Waals surface area contributed by atoms with E-state index in [1.165, 1.54) is 25.7 Å². The number of nitrogens with two attached hydrogens (primary N) is 1. The van der Waals surface area contributed by atoms with Gasteiger partial charge in [0.15, 0.2) is 0 Å². The first-order valence-corrected chi connectivity index (χ1v) is 8.18. The Morgan fingerprint density at radius 2 is 1.95 bits per heavy atom. The van der Waals surface area contributed by atoms with Crippen LogP contribution in [0.3, 0.4) is 0 Å². The third kappa shape index (κ3) is 5.41. The van der Waals surface area contributed by atoms with Crippen molar-refractivity contribution in [3.05, 3.63) is 0 Å². The van der Waals surface area contributed by atoms with Gasteiger partial charge in [-0.25, -0.2) is 0 Å². The minimum Gasteiger partial charge on any atom is -0.379 e. The number of unbranched alkanes of at least 4 members (excludes halogenated alkanes) is 4. The minimum atomic E-state index is -0.655. The van der Waals surface area contributed by atoms with Crippen LogP contribution in [0.4, 0.5) is 0 Å². The van der Waals surface area contributed by atoms with Gasteiger partial charge in [-0.15, -0.1) is 0 Å². The maximum absolute atomic E-state index is 11.9. The van der Waals surface area contributed by atoms with Crippen LogP contribution in [0.25, 0.3) is 0 Å². The Morgan fingerprint density at radius 3 is 2.45 bits per heavy atom. The van der Waals surface area contributed by atoms with Gasteiger partial charge in [-0.05, 0) is 39.0 Å². The molecule has 4 nitrogen and oxygen atoms in total. The monoisotopic (exact) mass is 284 g/mol. The van der Waals surface area contributed by atoms with E-state index in [2.05, 4.69) is 12.2 Å². The molecule has 0 radical (unpaired) electrons. The van der Waals surface area contributed by atoms with Gasteiger partial charge in [0.2, 0.25) is 5.91 Å². The average molecular weight is 284 g/mol. The average Bonchev–Trinajstić information content (AvgIpc) is 3.20. The number of hydrogen-bond donors (Lipinski definition) is 2. The molecule has 0 saturated heterocycles. The highest BCUT2D eigenvalue weighted by molar-refractivity contribution is 5.85. The molecule has 0 aromatic carbocycles. The van der Waals surface area contributed by atoms with Gasteiger partial charge in [-0.3, -0.25) is 10.1 Å². The Bertz CT molecular complexity index is 290. The van der Waals surface area contributed by atoms with Gasteiger partial charge in [-0.1, -0.05) is 32.6 Å². The third-order valence-corrected chi connectivity index (χ3v) is 3.98. The molecule has 1 aliphatic rings. The Balaban J connectivity index is 2.35. The molecule has 1 amide bonds. The predicted molar refractivity (Wildman–Crippen MR) is 82.5 cm³/mol. The SMILES string of the molecule is CCCCCCCOCC(NC(C)C)(C(N)=O)C1CC1. The van der Waals surface area contributed by atoms with Gasteiger partial charge in [0.05, 0.1) is 6.61 Å². The molecule has 0 heterocycles. The lowest BCUT2D eigenvalue weighted by molar-refractivity contribution is -0.128. The van der Waals surface area contributed by atoms with Crippen molar-refractivity contribution in [2.24, 2.45) is 11.7 Å². The summed E-state index contributed by atoms with van der Waals surface area (Å²) in [4.78, 5) is 11.9. The molecule has 1 unspecified atom stereocenters. The van der Waals surface area contributed by atoms with Crippen LogP contribution in [0.2, 0.25) is 0 Å². The molecule has 118 valence electrons. The van der Waals surface area contributed by atoms with E-state index in [0.29, 0.717) is 12.5 Å². The lowest BCUT2D eigenvalue weighted by Crippen LogP contribution is -2.62. The summed E-state index contributed by atoms with van der Waals surface area (Å²) < 4.78 is 5.78. The summed E-state index contributed by atoms with van der Waals surface area (Å²) in [6.45, 7) is 7.45. The van der Waals surface area contributed by atoms with Crippen LogP contribution < -0.4 is 11.1 Å². The molecule has 1 aliphatic carbocycles.